The molecule has 0 N–H and O–H groups in total. The summed E-state index contributed by atoms with van der Waals surface area (Å²) in [4.78, 5) is 12.2. The van der Waals surface area contributed by atoms with E-state index in [2.05, 4.69) is 20.8 Å². The van der Waals surface area contributed by atoms with Crippen molar-refractivity contribution in [3.05, 3.63) is 30.6 Å². The minimum Gasteiger partial charge on any atom is -0.457 e. The van der Waals surface area contributed by atoms with Crippen molar-refractivity contribution in [2.24, 2.45) is 16.7 Å². The van der Waals surface area contributed by atoms with Crippen LogP contribution in [0, 0.1) is 16.7 Å². The Morgan fingerprint density at radius 2 is 1.95 bits per heavy atom. The Hall–Kier alpha value is -1.38. The molecule has 2 bridgehead atoms. The third-order valence-electron chi connectivity index (χ3n) is 6.08. The molecular formula is C17H24NO2+. The molecule has 0 amide bonds. The smallest absolute Gasteiger partial charge is 0.372 e. The molecule has 0 unspecified atom stereocenters. The number of aromatic nitrogens is 1. The first-order chi connectivity index (χ1) is 9.43. The SMILES string of the molecule is CC1(C)[C@@H]2CC[C@@]1(C)[C@@H](OC(=O)C[n+]1ccccc1)C2. The number of carbonyl (C=O) groups excluding carboxylic acids is 1. The molecule has 0 aromatic carbocycles. The van der Waals surface area contributed by atoms with Crippen molar-refractivity contribution in [2.75, 3.05) is 0 Å². The quantitative estimate of drug-likeness (QED) is 0.626. The largest absolute Gasteiger partial charge is 0.457 e. The highest BCUT2D eigenvalue weighted by Gasteiger charge is 2.62. The summed E-state index contributed by atoms with van der Waals surface area (Å²) in [6.07, 6.45) is 7.38. The fourth-order valence-electron chi connectivity index (χ4n) is 4.19. The van der Waals surface area contributed by atoms with Crippen molar-refractivity contribution in [2.45, 2.75) is 52.7 Å². The van der Waals surface area contributed by atoms with Crippen LogP contribution >= 0.6 is 0 Å². The van der Waals surface area contributed by atoms with Crippen molar-refractivity contribution >= 4 is 5.97 Å². The van der Waals surface area contributed by atoms with Crippen molar-refractivity contribution in [1.82, 2.24) is 0 Å². The average Bonchev–Trinajstić information content (AvgIpc) is 2.73. The number of rotatable bonds is 3. The van der Waals surface area contributed by atoms with Crippen LogP contribution < -0.4 is 4.57 Å². The molecule has 2 saturated carbocycles. The fraction of sp³-hybridized carbons (Fsp3) is 0.647. The van der Waals surface area contributed by atoms with Crippen LogP contribution in [-0.2, 0) is 16.1 Å². The molecule has 3 rings (SSSR count). The van der Waals surface area contributed by atoms with E-state index in [0.717, 1.165) is 6.42 Å². The van der Waals surface area contributed by atoms with Gasteiger partial charge in [-0.25, -0.2) is 4.79 Å². The van der Waals surface area contributed by atoms with Gasteiger partial charge in [0.25, 0.3) is 0 Å². The predicted molar refractivity (Wildman–Crippen MR) is 75.7 cm³/mol. The van der Waals surface area contributed by atoms with Gasteiger partial charge >= 0.3 is 5.97 Å². The minimum atomic E-state index is -0.115. The zero-order valence-corrected chi connectivity index (χ0v) is 12.6. The lowest BCUT2D eigenvalue weighted by atomic mass is 9.70. The van der Waals surface area contributed by atoms with Gasteiger partial charge in [0.15, 0.2) is 12.4 Å². The van der Waals surface area contributed by atoms with Gasteiger partial charge in [0.1, 0.15) is 6.10 Å². The zero-order chi connectivity index (χ0) is 14.4. The van der Waals surface area contributed by atoms with Crippen LogP contribution in [0.4, 0.5) is 0 Å². The summed E-state index contributed by atoms with van der Waals surface area (Å²) in [6.45, 7) is 7.28. The normalized spacial score (nSPS) is 34.1. The standard InChI is InChI=1S/C17H24NO2/c1-16(2)13-7-8-17(16,3)14(11-13)20-15(19)12-18-9-5-4-6-10-18/h4-6,9-10,13-14H,7-8,11-12H2,1-3H3/q+1/t13-,14+,17+/m1/s1. The first kappa shape index (κ1) is 13.6. The molecule has 1 aromatic heterocycles. The molecule has 20 heavy (non-hydrogen) atoms. The van der Waals surface area contributed by atoms with E-state index in [9.17, 15) is 4.79 Å². The molecule has 1 heterocycles. The van der Waals surface area contributed by atoms with Gasteiger partial charge in [0.05, 0.1) is 0 Å². The molecule has 2 aliphatic carbocycles. The van der Waals surface area contributed by atoms with Crippen LogP contribution in [0.15, 0.2) is 30.6 Å². The van der Waals surface area contributed by atoms with Crippen LogP contribution in [0.2, 0.25) is 0 Å². The van der Waals surface area contributed by atoms with Crippen molar-refractivity contribution in [3.8, 4) is 0 Å². The highest BCUT2D eigenvalue weighted by atomic mass is 16.5. The number of hydrogen-bond acceptors (Lipinski definition) is 2. The Morgan fingerprint density at radius 1 is 1.25 bits per heavy atom. The highest BCUT2D eigenvalue weighted by Crippen LogP contribution is 2.66. The zero-order valence-electron chi connectivity index (χ0n) is 12.6. The van der Waals surface area contributed by atoms with E-state index in [1.54, 1.807) is 0 Å². The molecule has 0 saturated heterocycles. The second kappa shape index (κ2) is 4.57. The van der Waals surface area contributed by atoms with E-state index in [1.165, 1.54) is 12.8 Å². The van der Waals surface area contributed by atoms with Gasteiger partial charge in [-0.05, 0) is 30.6 Å². The fourth-order valence-corrected chi connectivity index (χ4v) is 4.19. The third kappa shape index (κ3) is 1.95. The maximum atomic E-state index is 12.2. The van der Waals surface area contributed by atoms with Crippen LogP contribution in [0.3, 0.4) is 0 Å². The molecule has 3 heteroatoms. The van der Waals surface area contributed by atoms with Gasteiger partial charge in [-0.2, -0.15) is 4.57 Å². The van der Waals surface area contributed by atoms with Gasteiger partial charge in [-0.1, -0.05) is 26.8 Å². The molecule has 3 atom stereocenters. The molecular weight excluding hydrogens is 250 g/mol. The Bertz CT molecular complexity index is 511. The number of esters is 1. The first-order valence-electron chi connectivity index (χ1n) is 7.57. The van der Waals surface area contributed by atoms with Crippen LogP contribution in [-0.4, -0.2) is 12.1 Å². The van der Waals surface area contributed by atoms with Gasteiger partial charge in [0.2, 0.25) is 6.54 Å². The molecule has 2 fully saturated rings. The number of hydrogen-bond donors (Lipinski definition) is 0. The second-order valence-electron chi connectivity index (χ2n) is 7.14. The summed E-state index contributed by atoms with van der Waals surface area (Å²) < 4.78 is 7.69. The summed E-state index contributed by atoms with van der Waals surface area (Å²) in [7, 11) is 0. The Balaban J connectivity index is 1.66. The molecule has 3 nitrogen and oxygen atoms in total. The summed E-state index contributed by atoms with van der Waals surface area (Å²) in [6, 6.07) is 5.80. The Morgan fingerprint density at radius 3 is 2.50 bits per heavy atom. The van der Waals surface area contributed by atoms with E-state index in [-0.39, 0.29) is 22.9 Å². The Labute approximate surface area is 121 Å². The van der Waals surface area contributed by atoms with Crippen LogP contribution in [0.5, 0.6) is 0 Å². The summed E-state index contributed by atoms with van der Waals surface area (Å²) in [5, 5.41) is 0. The van der Waals surface area contributed by atoms with Crippen LogP contribution in [0.1, 0.15) is 40.0 Å². The van der Waals surface area contributed by atoms with Gasteiger partial charge < -0.3 is 4.74 Å². The van der Waals surface area contributed by atoms with Crippen molar-refractivity contribution in [1.29, 1.82) is 0 Å². The van der Waals surface area contributed by atoms with Gasteiger partial charge in [-0.15, -0.1) is 0 Å². The van der Waals surface area contributed by atoms with Crippen LogP contribution in [0.25, 0.3) is 0 Å². The number of fused-ring (bicyclic) bond motifs is 2. The monoisotopic (exact) mass is 274 g/mol. The number of pyridine rings is 1. The van der Waals surface area contributed by atoms with Crippen molar-refractivity contribution < 1.29 is 14.1 Å². The van der Waals surface area contributed by atoms with Gasteiger partial charge in [-0.3, -0.25) is 0 Å². The second-order valence-corrected chi connectivity index (χ2v) is 7.14. The molecule has 108 valence electrons. The van der Waals surface area contributed by atoms with E-state index in [1.807, 2.05) is 35.2 Å². The first-order valence-corrected chi connectivity index (χ1v) is 7.57. The predicted octanol–water partition coefficient (Wildman–Crippen LogP) is 2.73. The molecule has 2 aliphatic rings. The third-order valence-corrected chi connectivity index (χ3v) is 6.08. The summed E-state index contributed by atoms with van der Waals surface area (Å²) in [5.41, 5.74) is 0.437. The minimum absolute atomic E-state index is 0.0908. The lowest BCUT2D eigenvalue weighted by Crippen LogP contribution is -2.42. The maximum absolute atomic E-state index is 12.2. The summed E-state index contributed by atoms with van der Waals surface area (Å²) in [5.74, 6) is 0.588. The van der Waals surface area contributed by atoms with E-state index < -0.39 is 0 Å². The highest BCUT2D eigenvalue weighted by molar-refractivity contribution is 5.68. The number of nitrogens with zero attached hydrogens (tertiary/aromatic N) is 1. The lowest BCUT2D eigenvalue weighted by molar-refractivity contribution is -0.686. The molecule has 0 radical (unpaired) electrons. The van der Waals surface area contributed by atoms with Crippen molar-refractivity contribution in [3.63, 3.8) is 0 Å². The van der Waals surface area contributed by atoms with E-state index >= 15 is 0 Å². The molecule has 0 aliphatic heterocycles. The average molecular weight is 274 g/mol. The molecule has 0 spiro atoms. The van der Waals surface area contributed by atoms with Gasteiger partial charge in [0, 0.05) is 17.5 Å². The Kier molecular flexibility index (Phi) is 3.11. The number of carbonyl (C=O) groups is 1. The maximum Gasteiger partial charge on any atom is 0.372 e. The van der Waals surface area contributed by atoms with E-state index in [0.29, 0.717) is 12.5 Å². The molecule has 1 aromatic rings. The number of ether oxygens (including phenoxy) is 1. The van der Waals surface area contributed by atoms with E-state index in [4.69, 9.17) is 4.74 Å². The summed E-state index contributed by atoms with van der Waals surface area (Å²) >= 11 is 0. The topological polar surface area (TPSA) is 30.2 Å². The lowest BCUT2D eigenvalue weighted by Gasteiger charge is -2.38.